The summed E-state index contributed by atoms with van der Waals surface area (Å²) in [5.74, 6) is 0.779. The highest BCUT2D eigenvalue weighted by Gasteiger charge is 2.27. The van der Waals surface area contributed by atoms with Gasteiger partial charge in [0.1, 0.15) is 0 Å². The molecule has 0 bridgehead atoms. The zero-order chi connectivity index (χ0) is 9.84. The minimum Gasteiger partial charge on any atom is -0.301 e. The average molecular weight is 180 g/mol. The van der Waals surface area contributed by atoms with E-state index in [1.807, 2.05) is 0 Å². The molecule has 1 aliphatic heterocycles. The maximum atomic E-state index is 8.52. The molecule has 2 heteroatoms. The van der Waals surface area contributed by atoms with Gasteiger partial charge in [0.25, 0.3) is 0 Å². The molecule has 2 unspecified atom stereocenters. The number of nitrogens with zero attached hydrogens (tertiary/aromatic N) is 2. The summed E-state index contributed by atoms with van der Waals surface area (Å²) >= 11 is 0. The number of nitriles is 1. The lowest BCUT2D eigenvalue weighted by atomic mass is 9.85. The Morgan fingerprint density at radius 2 is 1.85 bits per heavy atom. The van der Waals surface area contributed by atoms with Crippen molar-refractivity contribution < 1.29 is 0 Å². The minimum absolute atomic E-state index is 0.687. The van der Waals surface area contributed by atoms with Gasteiger partial charge >= 0.3 is 0 Å². The summed E-state index contributed by atoms with van der Waals surface area (Å²) in [7, 11) is 2.20. The molecular formula is C11H20N2. The summed E-state index contributed by atoms with van der Waals surface area (Å²) in [4.78, 5) is 2.45. The van der Waals surface area contributed by atoms with Crippen LogP contribution in [0.1, 0.15) is 39.5 Å². The molecule has 0 amide bonds. The number of hydrogen-bond acceptors (Lipinski definition) is 2. The van der Waals surface area contributed by atoms with Crippen molar-refractivity contribution in [1.29, 1.82) is 5.26 Å². The molecular weight excluding hydrogens is 160 g/mol. The van der Waals surface area contributed by atoms with Gasteiger partial charge in [-0.15, -0.1) is 0 Å². The summed E-state index contributed by atoms with van der Waals surface area (Å²) < 4.78 is 0. The van der Waals surface area contributed by atoms with Crippen LogP contribution in [-0.4, -0.2) is 24.0 Å². The van der Waals surface area contributed by atoms with Crippen LogP contribution < -0.4 is 0 Å². The predicted octanol–water partition coefficient (Wildman–Crippen LogP) is 2.41. The quantitative estimate of drug-likeness (QED) is 0.652. The number of likely N-dealkylation sites (tertiary alicyclic amines) is 1. The molecule has 1 aliphatic rings. The molecule has 1 rings (SSSR count). The standard InChI is InChI=1S/C11H20N2/c1-9-7-11(5-4-6-12)8-10(2)13(9)3/h9-11H,4-5,7-8H2,1-3H3. The SMILES string of the molecule is CC1CC(CCC#N)CC(C)N1C. The van der Waals surface area contributed by atoms with E-state index >= 15 is 0 Å². The van der Waals surface area contributed by atoms with Crippen LogP contribution in [0.3, 0.4) is 0 Å². The zero-order valence-electron chi connectivity index (χ0n) is 8.95. The molecule has 1 fully saturated rings. The fourth-order valence-electron chi connectivity index (χ4n) is 2.33. The molecule has 1 heterocycles. The first-order valence-electron chi connectivity index (χ1n) is 5.24. The van der Waals surface area contributed by atoms with Crippen LogP contribution in [0.2, 0.25) is 0 Å². The number of hydrogen-bond donors (Lipinski definition) is 0. The van der Waals surface area contributed by atoms with E-state index in [0.717, 1.165) is 18.8 Å². The van der Waals surface area contributed by atoms with Crippen molar-refractivity contribution in [3.63, 3.8) is 0 Å². The van der Waals surface area contributed by atoms with Crippen molar-refractivity contribution >= 4 is 0 Å². The second-order valence-electron chi connectivity index (χ2n) is 4.40. The van der Waals surface area contributed by atoms with Gasteiger partial charge < -0.3 is 4.90 Å². The Labute approximate surface area is 81.5 Å². The summed E-state index contributed by atoms with van der Waals surface area (Å²) in [6.07, 6.45) is 4.36. The van der Waals surface area contributed by atoms with E-state index in [-0.39, 0.29) is 0 Å². The maximum absolute atomic E-state index is 8.52. The Morgan fingerprint density at radius 1 is 1.31 bits per heavy atom. The molecule has 2 nitrogen and oxygen atoms in total. The summed E-state index contributed by atoms with van der Waals surface area (Å²) in [6.45, 7) is 4.57. The smallest absolute Gasteiger partial charge is 0.0621 e. The first-order valence-corrected chi connectivity index (χ1v) is 5.24. The molecule has 0 aromatic rings. The predicted molar refractivity (Wildman–Crippen MR) is 54.3 cm³/mol. The molecule has 13 heavy (non-hydrogen) atoms. The third-order valence-corrected chi connectivity index (χ3v) is 3.40. The van der Waals surface area contributed by atoms with Gasteiger partial charge in [-0.1, -0.05) is 0 Å². The first-order chi connectivity index (χ1) is 6.15. The highest BCUT2D eigenvalue weighted by molar-refractivity contribution is 4.84. The molecule has 0 N–H and O–H groups in total. The average Bonchev–Trinajstić information content (AvgIpc) is 2.10. The van der Waals surface area contributed by atoms with E-state index in [9.17, 15) is 0 Å². The number of rotatable bonds is 2. The fraction of sp³-hybridized carbons (Fsp3) is 0.909. The second kappa shape index (κ2) is 4.62. The summed E-state index contributed by atoms with van der Waals surface area (Å²) in [5.41, 5.74) is 0. The molecule has 0 aromatic heterocycles. The van der Waals surface area contributed by atoms with Gasteiger partial charge in [-0.05, 0) is 46.1 Å². The van der Waals surface area contributed by atoms with E-state index in [2.05, 4.69) is 31.9 Å². The highest BCUT2D eigenvalue weighted by atomic mass is 15.2. The minimum atomic E-state index is 0.687. The van der Waals surface area contributed by atoms with Crippen molar-refractivity contribution in [2.24, 2.45) is 5.92 Å². The van der Waals surface area contributed by atoms with Crippen molar-refractivity contribution in [1.82, 2.24) is 4.90 Å². The van der Waals surface area contributed by atoms with Gasteiger partial charge in [-0.25, -0.2) is 0 Å². The van der Waals surface area contributed by atoms with Gasteiger partial charge in [-0.3, -0.25) is 0 Å². The summed E-state index contributed by atoms with van der Waals surface area (Å²) in [6, 6.07) is 3.62. The Hall–Kier alpha value is -0.550. The van der Waals surface area contributed by atoms with Gasteiger partial charge in [0, 0.05) is 18.5 Å². The van der Waals surface area contributed by atoms with Crippen LogP contribution in [0.15, 0.2) is 0 Å². The monoisotopic (exact) mass is 180 g/mol. The Balaban J connectivity index is 2.40. The van der Waals surface area contributed by atoms with Crippen LogP contribution in [0.5, 0.6) is 0 Å². The van der Waals surface area contributed by atoms with Crippen LogP contribution in [0.25, 0.3) is 0 Å². The van der Waals surface area contributed by atoms with Crippen molar-refractivity contribution in [3.8, 4) is 6.07 Å². The van der Waals surface area contributed by atoms with Crippen molar-refractivity contribution in [2.75, 3.05) is 7.05 Å². The molecule has 0 aliphatic carbocycles. The van der Waals surface area contributed by atoms with Crippen LogP contribution in [0, 0.1) is 17.2 Å². The Kier molecular flexibility index (Phi) is 3.74. The molecule has 0 radical (unpaired) electrons. The normalized spacial score (nSPS) is 35.7. The third kappa shape index (κ3) is 2.70. The van der Waals surface area contributed by atoms with Crippen LogP contribution in [0.4, 0.5) is 0 Å². The van der Waals surface area contributed by atoms with Crippen molar-refractivity contribution in [3.05, 3.63) is 0 Å². The topological polar surface area (TPSA) is 27.0 Å². The highest BCUT2D eigenvalue weighted by Crippen LogP contribution is 2.29. The van der Waals surface area contributed by atoms with Crippen molar-refractivity contribution in [2.45, 2.75) is 51.6 Å². The molecule has 74 valence electrons. The van der Waals surface area contributed by atoms with E-state index in [0.29, 0.717) is 12.1 Å². The van der Waals surface area contributed by atoms with Gasteiger partial charge in [0.2, 0.25) is 0 Å². The third-order valence-electron chi connectivity index (χ3n) is 3.40. The van der Waals surface area contributed by atoms with Crippen LogP contribution in [-0.2, 0) is 0 Å². The van der Waals surface area contributed by atoms with E-state index < -0.39 is 0 Å². The lowest BCUT2D eigenvalue weighted by Gasteiger charge is -2.40. The van der Waals surface area contributed by atoms with E-state index in [1.54, 1.807) is 0 Å². The number of piperidine rings is 1. The van der Waals surface area contributed by atoms with Gasteiger partial charge in [0.05, 0.1) is 6.07 Å². The first kappa shape index (κ1) is 10.5. The Bertz CT molecular complexity index is 183. The van der Waals surface area contributed by atoms with Gasteiger partial charge in [-0.2, -0.15) is 5.26 Å². The Morgan fingerprint density at radius 3 is 2.31 bits per heavy atom. The molecule has 0 saturated carbocycles. The van der Waals surface area contributed by atoms with E-state index in [4.69, 9.17) is 5.26 Å². The van der Waals surface area contributed by atoms with Gasteiger partial charge in [0.15, 0.2) is 0 Å². The molecule has 1 saturated heterocycles. The lowest BCUT2D eigenvalue weighted by Crippen LogP contribution is -2.43. The largest absolute Gasteiger partial charge is 0.301 e. The molecule has 2 atom stereocenters. The summed E-state index contributed by atoms with van der Waals surface area (Å²) in [5, 5.41) is 8.52. The molecule has 0 aromatic carbocycles. The maximum Gasteiger partial charge on any atom is 0.0621 e. The molecule has 0 spiro atoms. The fourth-order valence-corrected chi connectivity index (χ4v) is 2.33. The van der Waals surface area contributed by atoms with E-state index in [1.165, 1.54) is 12.8 Å². The van der Waals surface area contributed by atoms with Crippen LogP contribution >= 0.6 is 0 Å². The second-order valence-corrected chi connectivity index (χ2v) is 4.40. The lowest BCUT2D eigenvalue weighted by molar-refractivity contribution is 0.0950. The zero-order valence-corrected chi connectivity index (χ0v) is 8.95.